The Hall–Kier alpha value is -4.30. The number of alkyl halides is 3. The van der Waals surface area contributed by atoms with Crippen molar-refractivity contribution in [2.45, 2.75) is 18.0 Å². The van der Waals surface area contributed by atoms with Gasteiger partial charge in [-0.3, -0.25) is 14.3 Å². The van der Waals surface area contributed by atoms with E-state index in [-0.39, 0.29) is 38.3 Å². The standard InChI is InChI=1S/C24H16F3N3O4S/c1-3-14-4-6-15(7-5-14)17-9-8-16(11-18(17)24(25,26)27)30-35(33,34)21-12-20-19(10-13(21)2)28-22(31)23(32)29-20/h1,4-12,30H,2H3,(H,28,31)(H,29,32). The average molecular weight is 499 g/mol. The molecule has 3 aromatic carbocycles. The SMILES string of the molecule is C#Cc1ccc(-c2ccc(NS(=O)(=O)c3cc4[nH]c(=O)c(=O)[nH]c4cc3C)cc2C(F)(F)F)cc1. The van der Waals surface area contributed by atoms with Crippen LogP contribution in [-0.2, 0) is 16.2 Å². The van der Waals surface area contributed by atoms with Crippen LogP contribution in [0.5, 0.6) is 0 Å². The normalized spacial score (nSPS) is 11.9. The lowest BCUT2D eigenvalue weighted by molar-refractivity contribution is -0.137. The number of rotatable bonds is 4. The summed E-state index contributed by atoms with van der Waals surface area (Å²) in [6.45, 7) is 1.45. The number of aromatic nitrogens is 2. The summed E-state index contributed by atoms with van der Waals surface area (Å²) >= 11 is 0. The van der Waals surface area contributed by atoms with Gasteiger partial charge in [0.15, 0.2) is 0 Å². The highest BCUT2D eigenvalue weighted by molar-refractivity contribution is 7.92. The van der Waals surface area contributed by atoms with Gasteiger partial charge in [-0.25, -0.2) is 8.42 Å². The van der Waals surface area contributed by atoms with Crippen molar-refractivity contribution in [2.24, 2.45) is 0 Å². The summed E-state index contributed by atoms with van der Waals surface area (Å²) in [5.74, 6) is 2.39. The molecule has 4 aromatic rings. The van der Waals surface area contributed by atoms with Gasteiger partial charge >= 0.3 is 17.3 Å². The van der Waals surface area contributed by atoms with Gasteiger partial charge in [0, 0.05) is 11.3 Å². The molecule has 0 aliphatic carbocycles. The van der Waals surface area contributed by atoms with E-state index in [1.165, 1.54) is 49.4 Å². The van der Waals surface area contributed by atoms with Gasteiger partial charge < -0.3 is 9.97 Å². The molecule has 0 bridgehead atoms. The second-order valence-corrected chi connectivity index (χ2v) is 9.31. The number of hydrogen-bond acceptors (Lipinski definition) is 4. The summed E-state index contributed by atoms with van der Waals surface area (Å²) in [4.78, 5) is 27.4. The lowest BCUT2D eigenvalue weighted by atomic mass is 9.98. The predicted octanol–water partition coefficient (Wildman–Crippen LogP) is 3.99. The van der Waals surface area contributed by atoms with E-state index in [2.05, 4.69) is 20.6 Å². The summed E-state index contributed by atoms with van der Waals surface area (Å²) in [5, 5.41) is 0. The van der Waals surface area contributed by atoms with Crippen molar-refractivity contribution in [3.8, 4) is 23.5 Å². The largest absolute Gasteiger partial charge is 0.417 e. The van der Waals surface area contributed by atoms with Crippen LogP contribution in [0.25, 0.3) is 22.2 Å². The molecule has 0 atom stereocenters. The van der Waals surface area contributed by atoms with E-state index in [1.807, 2.05) is 0 Å². The zero-order valence-corrected chi connectivity index (χ0v) is 18.8. The molecule has 0 amide bonds. The minimum absolute atomic E-state index is 0.0438. The Kier molecular flexibility index (Phi) is 5.78. The van der Waals surface area contributed by atoms with Gasteiger partial charge in [0.1, 0.15) is 0 Å². The summed E-state index contributed by atoms with van der Waals surface area (Å²) in [7, 11) is -4.36. The third-order valence-corrected chi connectivity index (χ3v) is 6.77. The van der Waals surface area contributed by atoms with Crippen molar-refractivity contribution in [2.75, 3.05) is 4.72 Å². The quantitative estimate of drug-likeness (QED) is 0.291. The highest BCUT2D eigenvalue weighted by Gasteiger charge is 2.34. The van der Waals surface area contributed by atoms with Crippen molar-refractivity contribution in [3.05, 3.63) is 92.0 Å². The summed E-state index contributed by atoms with van der Waals surface area (Å²) in [6.07, 6.45) is 0.519. The highest BCUT2D eigenvalue weighted by atomic mass is 32.2. The molecule has 3 N–H and O–H groups in total. The zero-order valence-electron chi connectivity index (χ0n) is 17.9. The second-order valence-electron chi connectivity index (χ2n) is 7.66. The number of benzene rings is 3. The molecule has 1 heterocycles. The van der Waals surface area contributed by atoms with Crippen LogP contribution in [0.1, 0.15) is 16.7 Å². The van der Waals surface area contributed by atoms with Crippen LogP contribution in [0.3, 0.4) is 0 Å². The van der Waals surface area contributed by atoms with Gasteiger partial charge in [-0.05, 0) is 60.0 Å². The first kappa shape index (κ1) is 23.8. The summed E-state index contributed by atoms with van der Waals surface area (Å²) in [5.41, 5.74) is -2.16. The maximum absolute atomic E-state index is 13.9. The first-order chi connectivity index (χ1) is 16.4. The van der Waals surface area contributed by atoms with E-state index in [0.29, 0.717) is 11.6 Å². The van der Waals surface area contributed by atoms with E-state index in [9.17, 15) is 31.2 Å². The molecular formula is C24H16F3N3O4S. The maximum atomic E-state index is 13.9. The van der Waals surface area contributed by atoms with Gasteiger partial charge in [0.25, 0.3) is 10.0 Å². The van der Waals surface area contributed by atoms with Gasteiger partial charge in [-0.1, -0.05) is 24.1 Å². The minimum atomic E-state index is -4.77. The number of aromatic amines is 2. The van der Waals surface area contributed by atoms with Gasteiger partial charge in [-0.2, -0.15) is 13.2 Å². The van der Waals surface area contributed by atoms with E-state index in [4.69, 9.17) is 6.42 Å². The van der Waals surface area contributed by atoms with Gasteiger partial charge in [0.05, 0.1) is 21.5 Å². The minimum Gasteiger partial charge on any atom is -0.316 e. The molecule has 178 valence electrons. The Balaban J connectivity index is 1.77. The molecule has 0 saturated heterocycles. The average Bonchev–Trinajstić information content (AvgIpc) is 2.79. The molecular weight excluding hydrogens is 483 g/mol. The molecule has 4 rings (SSSR count). The van der Waals surface area contributed by atoms with Crippen LogP contribution >= 0.6 is 0 Å². The monoisotopic (exact) mass is 499 g/mol. The third-order valence-electron chi connectivity index (χ3n) is 5.25. The number of H-pyrrole nitrogens is 2. The van der Waals surface area contributed by atoms with Crippen molar-refractivity contribution >= 4 is 26.7 Å². The van der Waals surface area contributed by atoms with Gasteiger partial charge in [-0.15, -0.1) is 6.42 Å². The fraction of sp³-hybridized carbons (Fsp3) is 0.0833. The summed E-state index contributed by atoms with van der Waals surface area (Å²) < 4.78 is 69.8. The third kappa shape index (κ3) is 4.69. The lowest BCUT2D eigenvalue weighted by Crippen LogP contribution is -2.29. The first-order valence-electron chi connectivity index (χ1n) is 9.97. The molecule has 0 saturated carbocycles. The number of fused-ring (bicyclic) bond motifs is 1. The van der Waals surface area contributed by atoms with Crippen LogP contribution in [0.2, 0.25) is 0 Å². The molecule has 0 fully saturated rings. The zero-order chi connectivity index (χ0) is 25.5. The molecule has 0 radical (unpaired) electrons. The Bertz CT molecular complexity index is 1730. The van der Waals surface area contributed by atoms with Crippen molar-refractivity contribution in [3.63, 3.8) is 0 Å². The Morgan fingerprint density at radius 1 is 0.914 bits per heavy atom. The smallest absolute Gasteiger partial charge is 0.316 e. The fourth-order valence-electron chi connectivity index (χ4n) is 3.59. The fourth-order valence-corrected chi connectivity index (χ4v) is 4.90. The number of nitrogens with one attached hydrogen (secondary N) is 3. The van der Waals surface area contributed by atoms with Crippen LogP contribution in [0, 0.1) is 19.3 Å². The predicted molar refractivity (Wildman–Crippen MR) is 126 cm³/mol. The van der Waals surface area contributed by atoms with E-state index in [0.717, 1.165) is 6.07 Å². The van der Waals surface area contributed by atoms with Crippen LogP contribution in [-0.4, -0.2) is 18.4 Å². The Morgan fingerprint density at radius 3 is 2.09 bits per heavy atom. The van der Waals surface area contributed by atoms with E-state index in [1.54, 1.807) is 0 Å². The molecule has 35 heavy (non-hydrogen) atoms. The Labute approximate surface area is 196 Å². The number of terminal acetylenes is 1. The van der Waals surface area contributed by atoms with Crippen LogP contribution < -0.4 is 15.8 Å². The Morgan fingerprint density at radius 2 is 1.51 bits per heavy atom. The summed E-state index contributed by atoms with van der Waals surface area (Å²) in [6, 6.07) is 11.5. The maximum Gasteiger partial charge on any atom is 0.417 e. The second kappa shape index (κ2) is 8.48. The van der Waals surface area contributed by atoms with E-state index >= 15 is 0 Å². The number of sulfonamides is 1. The van der Waals surface area contributed by atoms with E-state index < -0.39 is 32.9 Å². The molecule has 11 heteroatoms. The van der Waals surface area contributed by atoms with Crippen molar-refractivity contribution in [1.82, 2.24) is 9.97 Å². The number of aryl methyl sites for hydroxylation is 1. The van der Waals surface area contributed by atoms with Crippen molar-refractivity contribution in [1.29, 1.82) is 0 Å². The number of anilines is 1. The molecule has 1 aromatic heterocycles. The van der Waals surface area contributed by atoms with Crippen LogP contribution in [0.15, 0.2) is 69.1 Å². The molecule has 7 nitrogen and oxygen atoms in total. The lowest BCUT2D eigenvalue weighted by Gasteiger charge is -2.17. The molecule has 0 aliphatic heterocycles. The number of hydrogen-bond donors (Lipinski definition) is 3. The first-order valence-corrected chi connectivity index (χ1v) is 11.5. The van der Waals surface area contributed by atoms with Crippen molar-refractivity contribution < 1.29 is 21.6 Å². The number of halogens is 3. The topological polar surface area (TPSA) is 112 Å². The highest BCUT2D eigenvalue weighted by Crippen LogP contribution is 2.39. The molecule has 0 aliphatic rings. The molecule has 0 spiro atoms. The van der Waals surface area contributed by atoms with Gasteiger partial charge in [0.2, 0.25) is 0 Å². The van der Waals surface area contributed by atoms with Crippen LogP contribution in [0.4, 0.5) is 18.9 Å². The molecule has 0 unspecified atom stereocenters.